The number of hydrogen-bond donors (Lipinski definition) is 2. The number of aromatic hydroxyl groups is 1. The smallest absolute Gasteiger partial charge is 0.338 e. The molecule has 1 amide bonds. The average Bonchev–Trinajstić information content (AvgIpc) is 3.30. The van der Waals surface area contributed by atoms with Crippen LogP contribution in [0.1, 0.15) is 31.2 Å². The molecule has 4 aromatic rings. The molecule has 0 bridgehead atoms. The van der Waals surface area contributed by atoms with Gasteiger partial charge < -0.3 is 19.6 Å². The second-order valence-electron chi connectivity index (χ2n) is 6.77. The molecule has 0 unspecified atom stereocenters. The summed E-state index contributed by atoms with van der Waals surface area (Å²) in [5.74, 6) is -0.864. The van der Waals surface area contributed by atoms with Crippen molar-refractivity contribution in [2.45, 2.75) is 13.5 Å². The average molecular weight is 435 g/mol. The number of nitrogens with one attached hydrogen (secondary N) is 1. The van der Waals surface area contributed by atoms with Gasteiger partial charge >= 0.3 is 11.6 Å². The first-order chi connectivity index (χ1) is 14.9. The number of phenols is 1. The van der Waals surface area contributed by atoms with Crippen molar-refractivity contribution in [3.05, 3.63) is 92.0 Å². The number of thiophene rings is 1. The van der Waals surface area contributed by atoms with Crippen LogP contribution in [0.2, 0.25) is 0 Å². The number of aryl methyl sites for hydroxylation is 1. The fourth-order valence-corrected chi connectivity index (χ4v) is 3.71. The summed E-state index contributed by atoms with van der Waals surface area (Å²) < 4.78 is 10.6. The van der Waals surface area contributed by atoms with Crippen molar-refractivity contribution in [1.29, 1.82) is 0 Å². The molecule has 0 atom stereocenters. The number of amides is 1. The minimum Gasteiger partial charge on any atom is -0.508 e. The zero-order valence-electron chi connectivity index (χ0n) is 16.4. The van der Waals surface area contributed by atoms with Gasteiger partial charge in [-0.15, -0.1) is 11.3 Å². The molecule has 0 saturated heterocycles. The van der Waals surface area contributed by atoms with Gasteiger partial charge in [0.1, 0.15) is 17.9 Å². The molecule has 8 heteroatoms. The highest BCUT2D eigenvalue weighted by Gasteiger charge is 2.14. The Balaban J connectivity index is 1.51. The van der Waals surface area contributed by atoms with Crippen molar-refractivity contribution in [2.24, 2.45) is 0 Å². The monoisotopic (exact) mass is 435 g/mol. The van der Waals surface area contributed by atoms with Gasteiger partial charge in [0.2, 0.25) is 0 Å². The Hall–Kier alpha value is -3.91. The first kappa shape index (κ1) is 20.4. The van der Waals surface area contributed by atoms with Gasteiger partial charge in [0, 0.05) is 28.3 Å². The molecule has 7 nitrogen and oxygen atoms in total. The summed E-state index contributed by atoms with van der Waals surface area (Å²) in [6.45, 7) is 1.48. The van der Waals surface area contributed by atoms with Crippen LogP contribution in [0.25, 0.3) is 11.0 Å². The van der Waals surface area contributed by atoms with Gasteiger partial charge in [0.25, 0.3) is 5.91 Å². The Morgan fingerprint density at radius 2 is 1.97 bits per heavy atom. The van der Waals surface area contributed by atoms with Crippen molar-refractivity contribution in [1.82, 2.24) is 0 Å². The summed E-state index contributed by atoms with van der Waals surface area (Å²) in [5.41, 5.74) is 1.25. The van der Waals surface area contributed by atoms with Crippen LogP contribution in [0.3, 0.4) is 0 Å². The van der Waals surface area contributed by atoms with E-state index in [9.17, 15) is 19.5 Å². The van der Waals surface area contributed by atoms with E-state index >= 15 is 0 Å². The van der Waals surface area contributed by atoms with Crippen LogP contribution in [0, 0.1) is 6.92 Å². The Bertz CT molecular complexity index is 1340. The van der Waals surface area contributed by atoms with E-state index in [-0.39, 0.29) is 29.4 Å². The third kappa shape index (κ3) is 4.34. The summed E-state index contributed by atoms with van der Waals surface area (Å²) >= 11 is 1.32. The number of carbonyl (C=O) groups is 2. The van der Waals surface area contributed by atoms with Crippen LogP contribution in [0.5, 0.6) is 5.75 Å². The Labute approximate surface area is 180 Å². The maximum Gasteiger partial charge on any atom is 0.338 e. The first-order valence-electron chi connectivity index (χ1n) is 9.30. The zero-order chi connectivity index (χ0) is 22.0. The highest BCUT2D eigenvalue weighted by Crippen LogP contribution is 2.27. The molecule has 2 aromatic carbocycles. The third-order valence-corrected chi connectivity index (χ3v) is 5.55. The molecule has 0 saturated carbocycles. The van der Waals surface area contributed by atoms with E-state index < -0.39 is 11.6 Å². The number of anilines is 1. The zero-order valence-corrected chi connectivity index (χ0v) is 17.2. The second-order valence-corrected chi connectivity index (χ2v) is 7.71. The van der Waals surface area contributed by atoms with E-state index in [1.54, 1.807) is 48.7 Å². The molecule has 2 N–H and O–H groups in total. The SMILES string of the molecule is Cc1c(O)ccc2c(COC(=O)c3cccc(NC(=O)c4cccs4)c3)cc(=O)oc12. The molecule has 0 aliphatic heterocycles. The van der Waals surface area contributed by atoms with Gasteiger partial charge in [-0.2, -0.15) is 0 Å². The largest absolute Gasteiger partial charge is 0.508 e. The molecular formula is C23H17NO6S. The Morgan fingerprint density at radius 3 is 2.74 bits per heavy atom. The van der Waals surface area contributed by atoms with Crippen molar-refractivity contribution in [2.75, 3.05) is 5.32 Å². The van der Waals surface area contributed by atoms with E-state index in [0.717, 1.165) is 0 Å². The summed E-state index contributed by atoms with van der Waals surface area (Å²) in [5, 5.41) is 15.0. The number of hydrogen-bond acceptors (Lipinski definition) is 7. The maximum absolute atomic E-state index is 12.6. The Morgan fingerprint density at radius 1 is 1.13 bits per heavy atom. The van der Waals surface area contributed by atoms with Crippen LogP contribution in [0.15, 0.2) is 69.2 Å². The van der Waals surface area contributed by atoms with Crippen molar-refractivity contribution < 1.29 is 23.8 Å². The number of benzene rings is 2. The number of rotatable bonds is 5. The molecule has 4 rings (SSSR count). The van der Waals surface area contributed by atoms with Crippen LogP contribution < -0.4 is 10.9 Å². The highest BCUT2D eigenvalue weighted by molar-refractivity contribution is 7.12. The van der Waals surface area contributed by atoms with Crippen LogP contribution in [-0.4, -0.2) is 17.0 Å². The van der Waals surface area contributed by atoms with Gasteiger partial charge in [0.05, 0.1) is 10.4 Å². The van der Waals surface area contributed by atoms with Crippen molar-refractivity contribution >= 4 is 39.9 Å². The van der Waals surface area contributed by atoms with Gasteiger partial charge in [-0.1, -0.05) is 12.1 Å². The molecule has 0 fully saturated rings. The van der Waals surface area contributed by atoms with E-state index in [1.807, 2.05) is 0 Å². The topological polar surface area (TPSA) is 106 Å². The number of fused-ring (bicyclic) bond motifs is 1. The minimum absolute atomic E-state index is 0.00575. The van der Waals surface area contributed by atoms with Gasteiger partial charge in [-0.25, -0.2) is 9.59 Å². The summed E-state index contributed by atoms with van der Waals surface area (Å²) in [6, 6.07) is 14.2. The number of phenolic OH excluding ortho intramolecular Hbond substituents is 1. The maximum atomic E-state index is 12.6. The fraction of sp³-hybridized carbons (Fsp3) is 0.0870. The molecule has 0 aliphatic rings. The van der Waals surface area contributed by atoms with E-state index in [2.05, 4.69) is 5.32 Å². The molecule has 0 radical (unpaired) electrons. The van der Waals surface area contributed by atoms with Crippen molar-refractivity contribution in [3.8, 4) is 5.75 Å². The van der Waals surface area contributed by atoms with Gasteiger partial charge in [0.15, 0.2) is 0 Å². The lowest BCUT2D eigenvalue weighted by Gasteiger charge is -2.10. The lowest BCUT2D eigenvalue weighted by molar-refractivity contribution is 0.0473. The normalized spacial score (nSPS) is 10.7. The molecule has 2 heterocycles. The van der Waals surface area contributed by atoms with E-state index in [0.29, 0.717) is 27.1 Å². The van der Waals surface area contributed by atoms with Gasteiger partial charge in [-0.3, -0.25) is 4.79 Å². The number of esters is 1. The summed E-state index contributed by atoms with van der Waals surface area (Å²) in [7, 11) is 0. The molecule has 2 aromatic heterocycles. The standard InChI is InChI=1S/C23H17NO6S/c1-13-18(25)8-7-17-15(11-20(26)30-21(13)17)12-29-23(28)14-4-2-5-16(10-14)24-22(27)19-6-3-9-31-19/h2-11,25H,12H2,1H3,(H,24,27). The molecule has 0 aliphatic carbocycles. The predicted octanol–water partition coefficient (Wildman–Crippen LogP) is 4.48. The molecular weight excluding hydrogens is 418 g/mol. The number of carbonyl (C=O) groups excluding carboxylic acids is 2. The van der Waals surface area contributed by atoms with E-state index in [1.165, 1.54) is 29.5 Å². The van der Waals surface area contributed by atoms with E-state index in [4.69, 9.17) is 9.15 Å². The fourth-order valence-electron chi connectivity index (χ4n) is 3.09. The highest BCUT2D eigenvalue weighted by atomic mass is 32.1. The first-order valence-corrected chi connectivity index (χ1v) is 10.2. The third-order valence-electron chi connectivity index (χ3n) is 4.68. The number of ether oxygens (including phenoxy) is 1. The van der Waals surface area contributed by atoms with Crippen LogP contribution >= 0.6 is 11.3 Å². The van der Waals surface area contributed by atoms with Gasteiger partial charge in [-0.05, 0) is 48.7 Å². The minimum atomic E-state index is -0.607. The predicted molar refractivity (Wildman–Crippen MR) is 117 cm³/mol. The van der Waals surface area contributed by atoms with Crippen molar-refractivity contribution in [3.63, 3.8) is 0 Å². The molecule has 156 valence electrons. The summed E-state index contributed by atoms with van der Waals surface area (Å²) in [6.07, 6.45) is 0. The molecule has 31 heavy (non-hydrogen) atoms. The lowest BCUT2D eigenvalue weighted by atomic mass is 10.1. The second kappa shape index (κ2) is 8.45. The Kier molecular flexibility index (Phi) is 5.55. The lowest BCUT2D eigenvalue weighted by Crippen LogP contribution is -2.12. The van der Waals surface area contributed by atoms with Crippen LogP contribution in [0.4, 0.5) is 5.69 Å². The van der Waals surface area contributed by atoms with Crippen LogP contribution in [-0.2, 0) is 11.3 Å². The molecule has 0 spiro atoms. The quantitative estimate of drug-likeness (QED) is 0.354. The summed E-state index contributed by atoms with van der Waals surface area (Å²) in [4.78, 5) is 37.2.